The van der Waals surface area contributed by atoms with Gasteiger partial charge in [0.15, 0.2) is 5.75 Å². The second kappa shape index (κ2) is 4.42. The molecule has 2 rings (SSSR count). The maximum atomic E-state index is 11.1. The quantitative estimate of drug-likeness (QED) is 0.661. The van der Waals surface area contributed by atoms with Gasteiger partial charge >= 0.3 is 11.7 Å². The predicted molar refractivity (Wildman–Crippen MR) is 64.3 cm³/mol. The zero-order valence-corrected chi connectivity index (χ0v) is 10.5. The fraction of sp³-hybridized carbons (Fsp3) is 0.417. The van der Waals surface area contributed by atoms with Gasteiger partial charge in [0.05, 0.1) is 10.3 Å². The number of aliphatic carboxylic acids is 1. The Bertz CT molecular complexity index is 551. The van der Waals surface area contributed by atoms with E-state index < -0.39 is 16.3 Å². The second-order valence-corrected chi connectivity index (χ2v) is 4.97. The van der Waals surface area contributed by atoms with E-state index in [0.717, 1.165) is 0 Å². The number of ether oxygens (including phenoxy) is 2. The standard InChI is InChI=1S/C12H13NO6/c1-12(2,11(14)15)5-7-3-8(13(16)17)10-9(4-7)18-6-19-10/h3-4H,5-6H2,1-2H3,(H,14,15). The summed E-state index contributed by atoms with van der Waals surface area (Å²) >= 11 is 0. The fourth-order valence-corrected chi connectivity index (χ4v) is 1.87. The summed E-state index contributed by atoms with van der Waals surface area (Å²) in [6.07, 6.45) is 0.166. The first-order valence-electron chi connectivity index (χ1n) is 5.61. The van der Waals surface area contributed by atoms with Gasteiger partial charge in [0, 0.05) is 6.07 Å². The highest BCUT2D eigenvalue weighted by molar-refractivity contribution is 5.74. The van der Waals surface area contributed by atoms with Crippen LogP contribution < -0.4 is 9.47 Å². The number of carboxylic acids is 1. The number of carboxylic acid groups (broad SMARTS) is 1. The van der Waals surface area contributed by atoms with Crippen LogP contribution in [-0.4, -0.2) is 22.8 Å². The Hall–Kier alpha value is -2.31. The molecule has 0 aliphatic carbocycles. The highest BCUT2D eigenvalue weighted by Crippen LogP contribution is 2.42. The number of rotatable bonds is 4. The monoisotopic (exact) mass is 267 g/mol. The smallest absolute Gasteiger partial charge is 0.315 e. The second-order valence-electron chi connectivity index (χ2n) is 4.97. The van der Waals surface area contributed by atoms with Crippen molar-refractivity contribution in [1.29, 1.82) is 0 Å². The number of hydrogen-bond acceptors (Lipinski definition) is 5. The van der Waals surface area contributed by atoms with Crippen LogP contribution in [0.25, 0.3) is 0 Å². The molecule has 0 radical (unpaired) electrons. The lowest BCUT2D eigenvalue weighted by Crippen LogP contribution is -2.26. The van der Waals surface area contributed by atoms with E-state index >= 15 is 0 Å². The molecule has 0 bridgehead atoms. The summed E-state index contributed by atoms with van der Waals surface area (Å²) < 4.78 is 10.2. The highest BCUT2D eigenvalue weighted by atomic mass is 16.7. The molecule has 0 fully saturated rings. The Balaban J connectivity index is 2.41. The molecule has 102 valence electrons. The molecule has 1 heterocycles. The van der Waals surface area contributed by atoms with E-state index in [1.165, 1.54) is 6.07 Å². The van der Waals surface area contributed by atoms with Gasteiger partial charge in [-0.2, -0.15) is 0 Å². The minimum atomic E-state index is -1.01. The van der Waals surface area contributed by atoms with Crippen LogP contribution in [0.5, 0.6) is 11.5 Å². The summed E-state index contributed by atoms with van der Waals surface area (Å²) in [5, 5.41) is 20.1. The van der Waals surface area contributed by atoms with Crippen molar-refractivity contribution in [2.75, 3.05) is 6.79 Å². The normalized spacial score (nSPS) is 13.4. The van der Waals surface area contributed by atoms with Crippen molar-refractivity contribution in [1.82, 2.24) is 0 Å². The van der Waals surface area contributed by atoms with Gasteiger partial charge in [-0.1, -0.05) is 0 Å². The molecule has 1 aliphatic heterocycles. The summed E-state index contributed by atoms with van der Waals surface area (Å²) in [5.41, 5.74) is -0.684. The van der Waals surface area contributed by atoms with E-state index in [9.17, 15) is 14.9 Å². The van der Waals surface area contributed by atoms with Crippen LogP contribution in [0.15, 0.2) is 12.1 Å². The van der Waals surface area contributed by atoms with Crippen LogP contribution in [0.4, 0.5) is 5.69 Å². The maximum Gasteiger partial charge on any atom is 0.315 e. The van der Waals surface area contributed by atoms with Crippen LogP contribution in [0.3, 0.4) is 0 Å². The Morgan fingerprint density at radius 2 is 2.16 bits per heavy atom. The minimum Gasteiger partial charge on any atom is -0.481 e. The Labute approximate surface area is 108 Å². The molecule has 1 N–H and O–H groups in total. The van der Waals surface area contributed by atoms with Crippen LogP contribution in [0.1, 0.15) is 19.4 Å². The molecule has 0 spiro atoms. The summed E-state index contributed by atoms with van der Waals surface area (Å²) in [5.74, 6) is -0.583. The van der Waals surface area contributed by atoms with Gasteiger partial charge in [0.25, 0.3) is 0 Å². The number of carbonyl (C=O) groups is 1. The molecule has 1 aromatic carbocycles. The van der Waals surface area contributed by atoms with E-state index in [1.54, 1.807) is 19.9 Å². The number of benzene rings is 1. The first-order valence-corrected chi connectivity index (χ1v) is 5.61. The van der Waals surface area contributed by atoms with Gasteiger partial charge in [0.1, 0.15) is 0 Å². The van der Waals surface area contributed by atoms with Crippen molar-refractivity contribution in [2.24, 2.45) is 5.41 Å². The molecule has 0 unspecified atom stereocenters. The first-order chi connectivity index (χ1) is 8.81. The third-order valence-corrected chi connectivity index (χ3v) is 2.93. The van der Waals surface area contributed by atoms with Gasteiger partial charge in [-0.25, -0.2) is 0 Å². The van der Waals surface area contributed by atoms with E-state index in [1.807, 2.05) is 0 Å². The van der Waals surface area contributed by atoms with Crippen molar-refractivity contribution in [3.05, 3.63) is 27.8 Å². The topological polar surface area (TPSA) is 98.9 Å². The molecular formula is C12H13NO6. The maximum absolute atomic E-state index is 11.1. The van der Waals surface area contributed by atoms with E-state index in [4.69, 9.17) is 14.6 Å². The highest BCUT2D eigenvalue weighted by Gasteiger charge is 2.31. The van der Waals surface area contributed by atoms with Gasteiger partial charge in [-0.05, 0) is 31.9 Å². The van der Waals surface area contributed by atoms with Crippen molar-refractivity contribution in [2.45, 2.75) is 20.3 Å². The zero-order valence-electron chi connectivity index (χ0n) is 10.5. The molecule has 1 aromatic rings. The van der Waals surface area contributed by atoms with Crippen molar-refractivity contribution in [3.63, 3.8) is 0 Å². The number of hydrogen-bond donors (Lipinski definition) is 1. The Morgan fingerprint density at radius 3 is 2.74 bits per heavy atom. The molecule has 7 nitrogen and oxygen atoms in total. The summed E-state index contributed by atoms with van der Waals surface area (Å²) in [6, 6.07) is 2.91. The molecule has 1 aliphatic rings. The predicted octanol–water partition coefficient (Wildman–Crippen LogP) is 1.98. The SMILES string of the molecule is CC(C)(Cc1cc2c(c([N+](=O)[O-])c1)OCO2)C(=O)O. The zero-order chi connectivity index (χ0) is 14.2. The van der Waals surface area contributed by atoms with E-state index in [0.29, 0.717) is 5.56 Å². The van der Waals surface area contributed by atoms with Crippen molar-refractivity contribution >= 4 is 11.7 Å². The number of fused-ring (bicyclic) bond motifs is 1. The lowest BCUT2D eigenvalue weighted by Gasteiger charge is -2.18. The average Bonchev–Trinajstić information content (AvgIpc) is 2.74. The molecule has 0 atom stereocenters. The summed E-state index contributed by atoms with van der Waals surface area (Å²) in [7, 11) is 0. The molecular weight excluding hydrogens is 254 g/mol. The van der Waals surface area contributed by atoms with Crippen LogP contribution in [0.2, 0.25) is 0 Å². The van der Waals surface area contributed by atoms with Crippen molar-refractivity contribution in [3.8, 4) is 11.5 Å². The largest absolute Gasteiger partial charge is 0.481 e. The number of nitro benzene ring substituents is 1. The van der Waals surface area contributed by atoms with Gasteiger partial charge in [-0.15, -0.1) is 0 Å². The third-order valence-electron chi connectivity index (χ3n) is 2.93. The van der Waals surface area contributed by atoms with Crippen molar-refractivity contribution < 1.29 is 24.3 Å². The van der Waals surface area contributed by atoms with Gasteiger partial charge < -0.3 is 14.6 Å². The van der Waals surface area contributed by atoms with Gasteiger partial charge in [-0.3, -0.25) is 14.9 Å². The Kier molecular flexibility index (Phi) is 3.05. The van der Waals surface area contributed by atoms with Gasteiger partial charge in [0.2, 0.25) is 12.5 Å². The summed E-state index contributed by atoms with van der Waals surface area (Å²) in [6.45, 7) is 3.06. The van der Waals surface area contributed by atoms with Crippen LogP contribution in [-0.2, 0) is 11.2 Å². The third kappa shape index (κ3) is 2.44. The van der Waals surface area contributed by atoms with Crippen LogP contribution >= 0.6 is 0 Å². The average molecular weight is 267 g/mol. The Morgan fingerprint density at radius 1 is 1.47 bits per heavy atom. The fourth-order valence-electron chi connectivity index (χ4n) is 1.87. The molecule has 0 saturated heterocycles. The number of nitro groups is 1. The first kappa shape index (κ1) is 13.1. The lowest BCUT2D eigenvalue weighted by atomic mass is 9.85. The van der Waals surface area contributed by atoms with E-state index in [-0.39, 0.29) is 30.4 Å². The molecule has 7 heteroatoms. The van der Waals surface area contributed by atoms with Crippen LogP contribution in [0, 0.1) is 15.5 Å². The molecule has 0 amide bonds. The summed E-state index contributed by atoms with van der Waals surface area (Å²) in [4.78, 5) is 21.5. The lowest BCUT2D eigenvalue weighted by molar-refractivity contribution is -0.385. The molecule has 19 heavy (non-hydrogen) atoms. The van der Waals surface area contributed by atoms with E-state index in [2.05, 4.69) is 0 Å². The molecule has 0 saturated carbocycles. The minimum absolute atomic E-state index is 0.0675. The molecule has 0 aromatic heterocycles. The number of nitrogens with zero attached hydrogens (tertiary/aromatic N) is 1.